The minimum atomic E-state index is -2.00. The first-order valence-corrected chi connectivity index (χ1v) is 2.77. The molecule has 52 valence electrons. The van der Waals surface area contributed by atoms with Crippen molar-refractivity contribution >= 4 is 5.91 Å². The van der Waals surface area contributed by atoms with Gasteiger partial charge in [-0.25, -0.2) is 4.39 Å². The number of hydrogen-bond acceptors (Lipinski definition) is 2. The van der Waals surface area contributed by atoms with Gasteiger partial charge < -0.3 is 10.4 Å². The number of nitrogens with one attached hydrogen (secondary N) is 1. The van der Waals surface area contributed by atoms with Crippen LogP contribution in [0.1, 0.15) is 6.42 Å². The fourth-order valence-corrected chi connectivity index (χ4v) is 0.797. The first-order valence-electron chi connectivity index (χ1n) is 2.77. The summed E-state index contributed by atoms with van der Waals surface area (Å²) in [5.74, 6) is -0.690. The van der Waals surface area contributed by atoms with Crippen LogP contribution in [0.3, 0.4) is 0 Å². The molecule has 1 heterocycles. The van der Waals surface area contributed by atoms with Crippen molar-refractivity contribution in [3.05, 3.63) is 0 Å². The summed E-state index contributed by atoms with van der Waals surface area (Å²) in [6.07, 6.45) is 0.0856. The van der Waals surface area contributed by atoms with Gasteiger partial charge in [-0.2, -0.15) is 0 Å². The van der Waals surface area contributed by atoms with Gasteiger partial charge in [0.25, 0.3) is 5.91 Å². The van der Waals surface area contributed by atoms with Crippen LogP contribution in [0, 0.1) is 0 Å². The monoisotopic (exact) mass is 133 g/mol. The van der Waals surface area contributed by atoms with E-state index in [1.807, 2.05) is 0 Å². The minimum absolute atomic E-state index is 0.0856. The van der Waals surface area contributed by atoms with Crippen LogP contribution < -0.4 is 5.32 Å². The number of alkyl halides is 1. The van der Waals surface area contributed by atoms with Gasteiger partial charge in [0, 0.05) is 13.0 Å². The van der Waals surface area contributed by atoms with Gasteiger partial charge in [0.1, 0.15) is 0 Å². The first-order chi connectivity index (χ1) is 4.19. The minimum Gasteiger partial charge on any atom is -0.392 e. The molecule has 1 saturated heterocycles. The molecule has 9 heavy (non-hydrogen) atoms. The van der Waals surface area contributed by atoms with Crippen molar-refractivity contribution in [3.8, 4) is 0 Å². The van der Waals surface area contributed by atoms with Gasteiger partial charge in [0.15, 0.2) is 0 Å². The molecule has 1 amide bonds. The summed E-state index contributed by atoms with van der Waals surface area (Å²) in [6, 6.07) is 0. The second kappa shape index (κ2) is 1.95. The van der Waals surface area contributed by atoms with Crippen LogP contribution in [-0.4, -0.2) is 29.8 Å². The molecule has 1 aliphatic heterocycles. The lowest BCUT2D eigenvalue weighted by molar-refractivity contribution is -0.131. The maximum atomic E-state index is 12.8. The smallest absolute Gasteiger partial charge is 0.260 e. The lowest BCUT2D eigenvalue weighted by Crippen LogP contribution is -2.36. The third kappa shape index (κ3) is 0.896. The summed E-state index contributed by atoms with van der Waals surface area (Å²) in [5, 5.41) is 10.6. The zero-order valence-corrected chi connectivity index (χ0v) is 4.85. The summed E-state index contributed by atoms with van der Waals surface area (Å²) < 4.78 is 12.8. The van der Waals surface area contributed by atoms with Crippen molar-refractivity contribution in [2.24, 2.45) is 0 Å². The standard InChI is InChI=1S/C5H8FNO2/c6-5(3-8)1-2-7-4(5)9/h8H,1-3H2,(H,7,9)/t5-/m0/s1. The fraction of sp³-hybridized carbons (Fsp3) is 0.800. The van der Waals surface area contributed by atoms with E-state index in [9.17, 15) is 9.18 Å². The highest BCUT2D eigenvalue weighted by atomic mass is 19.1. The van der Waals surface area contributed by atoms with E-state index in [1.165, 1.54) is 0 Å². The average Bonchev–Trinajstić information content (AvgIpc) is 2.15. The van der Waals surface area contributed by atoms with Gasteiger partial charge in [0.2, 0.25) is 5.67 Å². The van der Waals surface area contributed by atoms with Crippen LogP contribution in [0.15, 0.2) is 0 Å². The Bertz CT molecular complexity index is 139. The van der Waals surface area contributed by atoms with E-state index in [2.05, 4.69) is 5.32 Å². The van der Waals surface area contributed by atoms with Crippen LogP contribution in [-0.2, 0) is 4.79 Å². The molecule has 1 aliphatic rings. The molecule has 3 nitrogen and oxygen atoms in total. The summed E-state index contributed by atoms with van der Waals surface area (Å²) in [7, 11) is 0. The van der Waals surface area contributed by atoms with Crippen molar-refractivity contribution in [1.29, 1.82) is 0 Å². The fourth-order valence-electron chi connectivity index (χ4n) is 0.797. The molecule has 0 bridgehead atoms. The summed E-state index contributed by atoms with van der Waals surface area (Å²) in [4.78, 5) is 10.5. The molecule has 1 atom stereocenters. The zero-order chi connectivity index (χ0) is 6.91. The molecule has 0 radical (unpaired) electrons. The third-order valence-corrected chi connectivity index (χ3v) is 1.46. The van der Waals surface area contributed by atoms with Gasteiger partial charge in [-0.3, -0.25) is 4.79 Å². The molecular formula is C5H8FNO2. The van der Waals surface area contributed by atoms with E-state index in [0.717, 1.165) is 0 Å². The van der Waals surface area contributed by atoms with Crippen LogP contribution in [0.5, 0.6) is 0 Å². The number of amides is 1. The summed E-state index contributed by atoms with van der Waals surface area (Å²) in [6.45, 7) is -0.380. The molecule has 0 aromatic carbocycles. The summed E-state index contributed by atoms with van der Waals surface area (Å²) in [5.41, 5.74) is -2.00. The molecule has 4 heteroatoms. The number of aliphatic hydroxyl groups excluding tert-OH is 1. The Morgan fingerprint density at radius 3 is 2.78 bits per heavy atom. The van der Waals surface area contributed by atoms with Crippen LogP contribution >= 0.6 is 0 Å². The Balaban J connectivity index is 2.67. The Kier molecular flexibility index (Phi) is 1.40. The Morgan fingerprint density at radius 2 is 2.56 bits per heavy atom. The zero-order valence-electron chi connectivity index (χ0n) is 4.85. The highest BCUT2D eigenvalue weighted by Crippen LogP contribution is 2.19. The SMILES string of the molecule is O=C1NCC[C@]1(F)CO. The third-order valence-electron chi connectivity index (χ3n) is 1.46. The molecule has 0 spiro atoms. The Labute approximate surface area is 51.9 Å². The molecule has 1 fully saturated rings. The predicted octanol–water partition coefficient (Wildman–Crippen LogP) is -0.793. The number of hydrogen-bond donors (Lipinski definition) is 2. The van der Waals surface area contributed by atoms with Crippen molar-refractivity contribution in [1.82, 2.24) is 5.32 Å². The second-order valence-electron chi connectivity index (χ2n) is 2.13. The molecule has 2 N–H and O–H groups in total. The number of rotatable bonds is 1. The summed E-state index contributed by atoms with van der Waals surface area (Å²) >= 11 is 0. The van der Waals surface area contributed by atoms with Crippen LogP contribution in [0.4, 0.5) is 4.39 Å². The molecular weight excluding hydrogens is 125 g/mol. The maximum absolute atomic E-state index is 12.8. The van der Waals surface area contributed by atoms with E-state index >= 15 is 0 Å². The number of carbonyl (C=O) groups excluding carboxylic acids is 1. The quantitative estimate of drug-likeness (QED) is 0.492. The van der Waals surface area contributed by atoms with Gasteiger partial charge >= 0.3 is 0 Å². The normalized spacial score (nSPS) is 34.7. The highest BCUT2D eigenvalue weighted by Gasteiger charge is 2.41. The topological polar surface area (TPSA) is 49.3 Å². The van der Waals surface area contributed by atoms with Gasteiger partial charge in [-0.1, -0.05) is 0 Å². The lowest BCUT2D eigenvalue weighted by atomic mass is 10.1. The molecule has 0 unspecified atom stereocenters. The van der Waals surface area contributed by atoms with Gasteiger partial charge in [0.05, 0.1) is 6.61 Å². The molecule has 0 aromatic rings. The second-order valence-corrected chi connectivity index (χ2v) is 2.13. The number of halogens is 1. The van der Waals surface area contributed by atoms with Crippen molar-refractivity contribution in [2.75, 3.05) is 13.2 Å². The average molecular weight is 133 g/mol. The highest BCUT2D eigenvalue weighted by molar-refractivity contribution is 5.87. The molecule has 1 rings (SSSR count). The van der Waals surface area contributed by atoms with E-state index in [1.54, 1.807) is 0 Å². The lowest BCUT2D eigenvalue weighted by Gasteiger charge is -2.10. The van der Waals surface area contributed by atoms with Crippen LogP contribution in [0.25, 0.3) is 0 Å². The van der Waals surface area contributed by atoms with Crippen molar-refractivity contribution in [2.45, 2.75) is 12.1 Å². The van der Waals surface area contributed by atoms with E-state index < -0.39 is 18.2 Å². The predicted molar refractivity (Wildman–Crippen MR) is 28.6 cm³/mol. The van der Waals surface area contributed by atoms with E-state index in [0.29, 0.717) is 6.54 Å². The maximum Gasteiger partial charge on any atom is 0.260 e. The number of carbonyl (C=O) groups is 1. The first kappa shape index (κ1) is 6.48. The van der Waals surface area contributed by atoms with Crippen molar-refractivity contribution in [3.63, 3.8) is 0 Å². The van der Waals surface area contributed by atoms with Gasteiger partial charge in [-0.05, 0) is 0 Å². The van der Waals surface area contributed by atoms with E-state index in [4.69, 9.17) is 5.11 Å². The largest absolute Gasteiger partial charge is 0.392 e. The van der Waals surface area contributed by atoms with Gasteiger partial charge in [-0.15, -0.1) is 0 Å². The van der Waals surface area contributed by atoms with E-state index in [-0.39, 0.29) is 6.42 Å². The number of aliphatic hydroxyl groups is 1. The molecule has 0 aromatic heterocycles. The van der Waals surface area contributed by atoms with Crippen molar-refractivity contribution < 1.29 is 14.3 Å². The Morgan fingerprint density at radius 1 is 1.89 bits per heavy atom. The molecule has 0 saturated carbocycles. The van der Waals surface area contributed by atoms with Crippen LogP contribution in [0.2, 0.25) is 0 Å². The Hall–Kier alpha value is -0.640. The molecule has 0 aliphatic carbocycles.